The molecule has 1 atom stereocenters. The molecular weight excluding hydrogens is 373 g/mol. The van der Waals surface area contributed by atoms with Crippen LogP contribution in [-0.2, 0) is 4.74 Å². The van der Waals surface area contributed by atoms with E-state index in [2.05, 4.69) is 15.4 Å². The van der Waals surface area contributed by atoms with Gasteiger partial charge >= 0.3 is 0 Å². The Kier molecular flexibility index (Phi) is 4.91. The molecule has 0 amide bonds. The molecule has 1 aliphatic heterocycles. The van der Waals surface area contributed by atoms with Gasteiger partial charge in [-0.15, -0.1) is 5.10 Å². The molecule has 1 N–H and O–H groups in total. The Morgan fingerprint density at radius 2 is 2.04 bits per heavy atom. The van der Waals surface area contributed by atoms with Gasteiger partial charge in [0.1, 0.15) is 12.4 Å². The Hall–Kier alpha value is -3.07. The van der Waals surface area contributed by atoms with Crippen molar-refractivity contribution in [3.63, 3.8) is 0 Å². The summed E-state index contributed by atoms with van der Waals surface area (Å²) in [6.45, 7) is 2.83. The smallest absolute Gasteiger partial charge is 0.247 e. The number of aromatic nitrogens is 3. The molecule has 6 nitrogen and oxygen atoms in total. The summed E-state index contributed by atoms with van der Waals surface area (Å²) in [5, 5.41) is 6.93. The van der Waals surface area contributed by atoms with Crippen LogP contribution in [0.15, 0.2) is 36.7 Å². The molecule has 2 heterocycles. The Morgan fingerprint density at radius 1 is 1.18 bits per heavy atom. The summed E-state index contributed by atoms with van der Waals surface area (Å²) in [6.07, 6.45) is 1.83. The molecule has 1 aromatic heterocycles. The molecule has 9 heteroatoms. The third-order valence-corrected chi connectivity index (χ3v) is 4.27. The molecule has 146 valence electrons. The van der Waals surface area contributed by atoms with Crippen LogP contribution in [0.3, 0.4) is 0 Å². The van der Waals surface area contributed by atoms with Gasteiger partial charge in [-0.3, -0.25) is 0 Å². The zero-order valence-corrected chi connectivity index (χ0v) is 15.0. The highest BCUT2D eigenvalue weighted by Crippen LogP contribution is 2.30. The normalized spacial score (nSPS) is 16.4. The fourth-order valence-electron chi connectivity index (χ4n) is 2.89. The molecule has 2 aromatic carbocycles. The van der Waals surface area contributed by atoms with Crippen molar-refractivity contribution in [1.29, 1.82) is 0 Å². The molecule has 1 fully saturated rings. The number of benzene rings is 2. The highest BCUT2D eigenvalue weighted by Gasteiger charge is 2.21. The molecular formula is C19H17F3N4O2. The number of ether oxygens (including phenoxy) is 2. The van der Waals surface area contributed by atoms with Gasteiger partial charge in [-0.2, -0.15) is 4.98 Å². The zero-order chi connectivity index (χ0) is 19.7. The lowest BCUT2D eigenvalue weighted by Crippen LogP contribution is -2.17. The highest BCUT2D eigenvalue weighted by atomic mass is 19.2. The van der Waals surface area contributed by atoms with Crippen molar-refractivity contribution in [3.8, 4) is 11.4 Å². The summed E-state index contributed by atoms with van der Waals surface area (Å²) >= 11 is 0. The average Bonchev–Trinajstić information content (AvgIpc) is 3.33. The standard InChI is InChI=1S/C19H17F3N4O2/c1-11-6-16(18(22)17(7-11)28-13-4-5-27-9-13)24-19-23-10-26(25-19)12-2-3-14(20)15(21)8-12/h2-3,6-8,10,13H,4-5,9H2,1H3,(H,24,25). The third kappa shape index (κ3) is 3.79. The van der Waals surface area contributed by atoms with E-state index in [1.54, 1.807) is 12.1 Å². The zero-order valence-electron chi connectivity index (χ0n) is 15.0. The van der Waals surface area contributed by atoms with Crippen LogP contribution in [0.2, 0.25) is 0 Å². The molecule has 4 rings (SSSR count). The van der Waals surface area contributed by atoms with Crippen molar-refractivity contribution < 1.29 is 22.6 Å². The van der Waals surface area contributed by atoms with E-state index in [1.165, 1.54) is 17.1 Å². The van der Waals surface area contributed by atoms with Gasteiger partial charge < -0.3 is 14.8 Å². The van der Waals surface area contributed by atoms with Crippen molar-refractivity contribution in [2.75, 3.05) is 18.5 Å². The second kappa shape index (κ2) is 7.51. The van der Waals surface area contributed by atoms with E-state index < -0.39 is 17.5 Å². The maximum atomic E-state index is 14.8. The Bertz CT molecular complexity index is 1000. The first kappa shape index (κ1) is 18.3. The monoisotopic (exact) mass is 390 g/mol. The predicted octanol–water partition coefficient (Wildman–Crippen LogP) is 3.90. The molecule has 0 aliphatic carbocycles. The van der Waals surface area contributed by atoms with Crippen LogP contribution < -0.4 is 10.1 Å². The number of rotatable bonds is 5. The van der Waals surface area contributed by atoms with Crippen molar-refractivity contribution in [2.24, 2.45) is 0 Å². The van der Waals surface area contributed by atoms with E-state index in [4.69, 9.17) is 9.47 Å². The first-order chi connectivity index (χ1) is 13.5. The molecule has 0 saturated carbocycles. The lowest BCUT2D eigenvalue weighted by Gasteiger charge is -2.15. The fourth-order valence-corrected chi connectivity index (χ4v) is 2.89. The van der Waals surface area contributed by atoms with Gasteiger partial charge in [-0.05, 0) is 36.8 Å². The molecule has 0 radical (unpaired) electrons. The molecule has 3 aromatic rings. The van der Waals surface area contributed by atoms with Gasteiger partial charge in [0.05, 0.1) is 24.6 Å². The quantitative estimate of drug-likeness (QED) is 0.716. The topological polar surface area (TPSA) is 61.2 Å². The van der Waals surface area contributed by atoms with E-state index in [0.717, 1.165) is 17.7 Å². The van der Waals surface area contributed by atoms with Crippen molar-refractivity contribution in [2.45, 2.75) is 19.4 Å². The maximum Gasteiger partial charge on any atom is 0.247 e. The second-order valence-electron chi connectivity index (χ2n) is 6.46. The highest BCUT2D eigenvalue weighted by molar-refractivity contribution is 5.59. The fraction of sp³-hybridized carbons (Fsp3) is 0.263. The summed E-state index contributed by atoms with van der Waals surface area (Å²) in [7, 11) is 0. The largest absolute Gasteiger partial charge is 0.485 e. The van der Waals surface area contributed by atoms with E-state index >= 15 is 0 Å². The van der Waals surface area contributed by atoms with Crippen LogP contribution in [0.4, 0.5) is 24.8 Å². The van der Waals surface area contributed by atoms with E-state index in [1.807, 2.05) is 6.92 Å². The first-order valence-electron chi connectivity index (χ1n) is 8.68. The summed E-state index contributed by atoms with van der Waals surface area (Å²) in [5.74, 6) is -2.29. The molecule has 1 aliphatic rings. The average molecular weight is 390 g/mol. The van der Waals surface area contributed by atoms with Crippen molar-refractivity contribution in [3.05, 3.63) is 59.7 Å². The Morgan fingerprint density at radius 3 is 2.79 bits per heavy atom. The minimum Gasteiger partial charge on any atom is -0.485 e. The molecule has 0 spiro atoms. The molecule has 1 unspecified atom stereocenters. The summed E-state index contributed by atoms with van der Waals surface area (Å²) in [5.41, 5.74) is 1.23. The molecule has 28 heavy (non-hydrogen) atoms. The van der Waals surface area contributed by atoms with Crippen molar-refractivity contribution >= 4 is 11.6 Å². The molecule has 1 saturated heterocycles. The third-order valence-electron chi connectivity index (χ3n) is 4.27. The van der Waals surface area contributed by atoms with E-state index in [9.17, 15) is 13.2 Å². The summed E-state index contributed by atoms with van der Waals surface area (Å²) in [4.78, 5) is 4.04. The van der Waals surface area contributed by atoms with Gasteiger partial charge in [0, 0.05) is 12.5 Å². The Labute approximate surface area is 158 Å². The van der Waals surface area contributed by atoms with Gasteiger partial charge in [0.15, 0.2) is 23.2 Å². The number of halogens is 3. The summed E-state index contributed by atoms with van der Waals surface area (Å²) < 4.78 is 53.5. The molecule has 0 bridgehead atoms. The Balaban J connectivity index is 1.56. The van der Waals surface area contributed by atoms with E-state index in [0.29, 0.717) is 19.6 Å². The van der Waals surface area contributed by atoms with Gasteiger partial charge in [0.2, 0.25) is 5.95 Å². The second-order valence-corrected chi connectivity index (χ2v) is 6.46. The number of anilines is 2. The number of nitrogens with one attached hydrogen (secondary N) is 1. The van der Waals surface area contributed by atoms with Crippen LogP contribution in [0.1, 0.15) is 12.0 Å². The van der Waals surface area contributed by atoms with Crippen LogP contribution in [0, 0.1) is 24.4 Å². The SMILES string of the molecule is Cc1cc(Nc2ncn(-c3ccc(F)c(F)c3)n2)c(F)c(OC2CCOC2)c1. The van der Waals surface area contributed by atoms with E-state index in [-0.39, 0.29) is 29.2 Å². The lowest BCUT2D eigenvalue weighted by molar-refractivity contribution is 0.138. The van der Waals surface area contributed by atoms with Gasteiger partial charge in [0.25, 0.3) is 0 Å². The number of nitrogens with zero attached hydrogens (tertiary/aromatic N) is 3. The maximum absolute atomic E-state index is 14.8. The van der Waals surface area contributed by atoms with Crippen LogP contribution in [0.25, 0.3) is 5.69 Å². The minimum atomic E-state index is -0.995. The number of hydrogen-bond donors (Lipinski definition) is 1. The minimum absolute atomic E-state index is 0.101. The number of hydrogen-bond acceptors (Lipinski definition) is 5. The van der Waals surface area contributed by atoms with Crippen LogP contribution >= 0.6 is 0 Å². The first-order valence-corrected chi connectivity index (χ1v) is 8.68. The van der Waals surface area contributed by atoms with Gasteiger partial charge in [-0.1, -0.05) is 0 Å². The van der Waals surface area contributed by atoms with Crippen LogP contribution in [-0.4, -0.2) is 34.1 Å². The lowest BCUT2D eigenvalue weighted by atomic mass is 10.2. The summed E-state index contributed by atoms with van der Waals surface area (Å²) in [6, 6.07) is 6.57. The van der Waals surface area contributed by atoms with Gasteiger partial charge in [-0.25, -0.2) is 17.9 Å². The van der Waals surface area contributed by atoms with Crippen molar-refractivity contribution in [1.82, 2.24) is 14.8 Å². The number of aryl methyl sites for hydroxylation is 1. The van der Waals surface area contributed by atoms with Crippen LogP contribution in [0.5, 0.6) is 5.75 Å². The predicted molar refractivity (Wildman–Crippen MR) is 95.5 cm³/mol.